The number of benzene rings is 3. The minimum absolute atomic E-state index is 1.34. The van der Waals surface area contributed by atoms with Crippen molar-refractivity contribution in [2.24, 2.45) is 0 Å². The Morgan fingerprint density at radius 3 is 1.47 bits per heavy atom. The third-order valence-corrected chi connectivity index (χ3v) is 4.80. The van der Waals surface area contributed by atoms with Gasteiger partial charge in [0.25, 0.3) is 0 Å². The monoisotopic (exact) mass is 266 g/mol. The molecule has 0 fully saturated rings. The van der Waals surface area contributed by atoms with Gasteiger partial charge in [-0.15, -0.1) is 11.8 Å². The second kappa shape index (κ2) is 4.57. The molecule has 3 rings (SSSR count). The van der Waals surface area contributed by atoms with E-state index in [0.29, 0.717) is 0 Å². The fourth-order valence-electron chi connectivity index (χ4n) is 2.64. The highest BCUT2D eigenvalue weighted by atomic mass is 32.2. The van der Waals surface area contributed by atoms with Crippen LogP contribution in [0.4, 0.5) is 0 Å². The molecular formula is C18H18S. The fraction of sp³-hybridized carbons (Fsp3) is 0.222. The van der Waals surface area contributed by atoms with Crippen LogP contribution in [0.2, 0.25) is 0 Å². The van der Waals surface area contributed by atoms with Crippen molar-refractivity contribution < 1.29 is 0 Å². The topological polar surface area (TPSA) is 0 Å². The second-order valence-corrected chi connectivity index (χ2v) is 6.15. The quantitative estimate of drug-likeness (QED) is 0.405. The van der Waals surface area contributed by atoms with Gasteiger partial charge in [0.05, 0.1) is 0 Å². The minimum atomic E-state index is 1.34. The molecule has 0 radical (unpaired) electrons. The van der Waals surface area contributed by atoms with Crippen molar-refractivity contribution in [3.8, 4) is 0 Å². The molecule has 3 aromatic carbocycles. The van der Waals surface area contributed by atoms with Crippen LogP contribution >= 0.6 is 11.8 Å². The molecule has 0 aliphatic carbocycles. The maximum Gasteiger partial charge on any atom is 0.0105 e. The van der Waals surface area contributed by atoms with Crippen LogP contribution in [0.3, 0.4) is 0 Å². The van der Waals surface area contributed by atoms with Gasteiger partial charge in [0.1, 0.15) is 0 Å². The van der Waals surface area contributed by atoms with Crippen LogP contribution < -0.4 is 0 Å². The summed E-state index contributed by atoms with van der Waals surface area (Å²) in [6.45, 7) is 6.55. The zero-order chi connectivity index (χ0) is 13.6. The number of hydrogen-bond donors (Lipinski definition) is 0. The molecule has 0 saturated carbocycles. The van der Waals surface area contributed by atoms with Crippen molar-refractivity contribution in [2.75, 3.05) is 6.26 Å². The third-order valence-electron chi connectivity index (χ3n) is 3.92. The molecule has 0 aliphatic rings. The molecule has 1 heteroatoms. The van der Waals surface area contributed by atoms with Gasteiger partial charge < -0.3 is 0 Å². The first kappa shape index (κ1) is 12.6. The summed E-state index contributed by atoms with van der Waals surface area (Å²) in [7, 11) is 0. The van der Waals surface area contributed by atoms with Crippen molar-refractivity contribution in [3.63, 3.8) is 0 Å². The Balaban J connectivity index is 2.38. The zero-order valence-electron chi connectivity index (χ0n) is 11.9. The number of aryl methyl sites for hydroxylation is 3. The molecule has 0 aromatic heterocycles. The molecule has 3 aromatic rings. The minimum Gasteiger partial charge on any atom is -0.129 e. The summed E-state index contributed by atoms with van der Waals surface area (Å²) in [6.07, 6.45) is 2.14. The lowest BCUT2D eigenvalue weighted by Crippen LogP contribution is -1.85. The maximum atomic E-state index is 2.32. The molecule has 0 N–H and O–H groups in total. The van der Waals surface area contributed by atoms with E-state index in [-0.39, 0.29) is 0 Å². The van der Waals surface area contributed by atoms with Crippen LogP contribution in [0.1, 0.15) is 16.7 Å². The normalized spacial score (nSPS) is 11.4. The van der Waals surface area contributed by atoms with Crippen LogP contribution in [0.5, 0.6) is 0 Å². The number of fused-ring (bicyclic) bond motifs is 2. The molecule has 0 unspecified atom stereocenters. The number of rotatable bonds is 1. The van der Waals surface area contributed by atoms with E-state index >= 15 is 0 Å². The molecule has 0 nitrogen and oxygen atoms in total. The predicted molar refractivity (Wildman–Crippen MR) is 87.4 cm³/mol. The maximum absolute atomic E-state index is 2.32. The summed E-state index contributed by atoms with van der Waals surface area (Å²) in [6, 6.07) is 13.8. The van der Waals surface area contributed by atoms with Gasteiger partial charge in [0.15, 0.2) is 0 Å². The van der Waals surface area contributed by atoms with E-state index < -0.39 is 0 Å². The smallest absolute Gasteiger partial charge is 0.0105 e. The lowest BCUT2D eigenvalue weighted by molar-refractivity contribution is 1.33. The zero-order valence-corrected chi connectivity index (χ0v) is 12.7. The molecule has 0 bridgehead atoms. The summed E-state index contributed by atoms with van der Waals surface area (Å²) in [5.41, 5.74) is 4.09. The summed E-state index contributed by atoms with van der Waals surface area (Å²) < 4.78 is 0. The lowest BCUT2D eigenvalue weighted by atomic mass is 9.98. The van der Waals surface area contributed by atoms with Gasteiger partial charge in [-0.1, -0.05) is 18.2 Å². The lowest BCUT2D eigenvalue weighted by Gasteiger charge is -2.09. The molecule has 0 spiro atoms. The van der Waals surface area contributed by atoms with E-state index in [1.54, 1.807) is 0 Å². The van der Waals surface area contributed by atoms with Gasteiger partial charge in [0.2, 0.25) is 0 Å². The van der Waals surface area contributed by atoms with Gasteiger partial charge in [-0.2, -0.15) is 0 Å². The fourth-order valence-corrected chi connectivity index (χ4v) is 3.27. The summed E-state index contributed by atoms with van der Waals surface area (Å²) in [5, 5.41) is 5.36. The Hall–Kier alpha value is -1.47. The SMILES string of the molecule is CSc1cc2cc3cc(C)c(C)cc3cc2cc1C. The molecule has 0 aliphatic heterocycles. The summed E-state index contributed by atoms with van der Waals surface area (Å²) in [5.74, 6) is 0. The average molecular weight is 266 g/mol. The Kier molecular flexibility index (Phi) is 3.02. The van der Waals surface area contributed by atoms with E-state index in [1.807, 2.05) is 11.8 Å². The van der Waals surface area contributed by atoms with Gasteiger partial charge in [0, 0.05) is 4.90 Å². The highest BCUT2D eigenvalue weighted by molar-refractivity contribution is 7.98. The Morgan fingerprint density at radius 1 is 0.579 bits per heavy atom. The molecule has 96 valence electrons. The number of thioether (sulfide) groups is 1. The molecule has 0 saturated heterocycles. The number of hydrogen-bond acceptors (Lipinski definition) is 1. The van der Waals surface area contributed by atoms with Crippen LogP contribution in [-0.4, -0.2) is 6.26 Å². The van der Waals surface area contributed by atoms with E-state index in [2.05, 4.69) is 63.4 Å². The Morgan fingerprint density at radius 2 is 1.00 bits per heavy atom. The van der Waals surface area contributed by atoms with Crippen molar-refractivity contribution in [2.45, 2.75) is 25.7 Å². The molecule has 0 amide bonds. The van der Waals surface area contributed by atoms with Crippen molar-refractivity contribution >= 4 is 33.3 Å². The van der Waals surface area contributed by atoms with Crippen LogP contribution in [-0.2, 0) is 0 Å². The standard InChI is InChI=1S/C18H18S/c1-11-5-14-8-16-7-13(3)18(19-4)10-17(16)9-15(14)6-12(11)2/h5-10H,1-4H3. The molecule has 0 atom stereocenters. The van der Waals surface area contributed by atoms with E-state index in [0.717, 1.165) is 0 Å². The van der Waals surface area contributed by atoms with Crippen molar-refractivity contribution in [1.29, 1.82) is 0 Å². The molecule has 0 heterocycles. The van der Waals surface area contributed by atoms with E-state index in [1.165, 1.54) is 43.1 Å². The van der Waals surface area contributed by atoms with Crippen LogP contribution in [0.25, 0.3) is 21.5 Å². The largest absolute Gasteiger partial charge is 0.129 e. The van der Waals surface area contributed by atoms with E-state index in [4.69, 9.17) is 0 Å². The van der Waals surface area contributed by atoms with Gasteiger partial charge >= 0.3 is 0 Å². The first-order chi connectivity index (χ1) is 9.08. The first-order valence-electron chi connectivity index (χ1n) is 6.58. The molecular weight excluding hydrogens is 248 g/mol. The van der Waals surface area contributed by atoms with Crippen molar-refractivity contribution in [1.82, 2.24) is 0 Å². The summed E-state index contributed by atoms with van der Waals surface area (Å²) >= 11 is 1.82. The second-order valence-electron chi connectivity index (χ2n) is 5.30. The third kappa shape index (κ3) is 2.12. The van der Waals surface area contributed by atoms with Crippen molar-refractivity contribution in [3.05, 3.63) is 53.1 Å². The highest BCUT2D eigenvalue weighted by Gasteiger charge is 2.04. The summed E-state index contributed by atoms with van der Waals surface area (Å²) in [4.78, 5) is 1.37. The van der Waals surface area contributed by atoms with Gasteiger partial charge in [-0.05, 0) is 83.5 Å². The predicted octanol–water partition coefficient (Wildman–Crippen LogP) is 5.64. The van der Waals surface area contributed by atoms with Gasteiger partial charge in [-0.3, -0.25) is 0 Å². The average Bonchev–Trinajstić information content (AvgIpc) is 2.38. The van der Waals surface area contributed by atoms with Crippen LogP contribution in [0, 0.1) is 20.8 Å². The molecule has 19 heavy (non-hydrogen) atoms. The first-order valence-corrected chi connectivity index (χ1v) is 7.80. The Bertz CT molecular complexity index is 785. The van der Waals surface area contributed by atoms with Gasteiger partial charge in [-0.25, -0.2) is 0 Å². The van der Waals surface area contributed by atoms with E-state index in [9.17, 15) is 0 Å². The highest BCUT2D eigenvalue weighted by Crippen LogP contribution is 2.30. The van der Waals surface area contributed by atoms with Crippen LogP contribution in [0.15, 0.2) is 41.3 Å². The Labute approximate surface area is 118 Å².